The van der Waals surface area contributed by atoms with Crippen LogP contribution in [0, 0.1) is 56.4 Å². The van der Waals surface area contributed by atoms with Crippen molar-refractivity contribution in [1.29, 1.82) is 32.1 Å². The molecular formula is C25H63AlBrK2LiN12O8+. The molecule has 0 aliphatic carbocycles. The average Bonchev–Trinajstić information content (AvgIpc) is 3.09. The van der Waals surface area contributed by atoms with E-state index in [4.69, 9.17) is 67.6 Å². The van der Waals surface area contributed by atoms with Gasteiger partial charge in [0.15, 0.2) is 17.4 Å². The zero-order valence-corrected chi connectivity index (χ0v) is 38.4. The standard InChI is InChI=1S/C5H14N2O.2C5H10N2O.C4H6BrN.C4H8N2O.CH5NO.CH2O3.Al.2K.Li.H2N2.H2.4H/c3*1-7-8-5-3-2-4-6;5-3-1-2-4-6;5-3-1-2-4-7-6;1-2-3;2-1-4-3;;;;;1-2;;;;;/h7H,2-6H2,1H3;2*7H,2-3,5H2,1H3;1-3H2;1-2,4,6H2;2-3H,1H3;1,3H;;;;;1-2H;1H;;;;/q;;;;;;;;;2*+1;;;;;;-1. The van der Waals surface area contributed by atoms with Crippen LogP contribution in [-0.4, -0.2) is 147 Å². The van der Waals surface area contributed by atoms with Gasteiger partial charge >= 0.3 is 70.2 Å². The van der Waals surface area contributed by atoms with Crippen LogP contribution in [0.25, 0.3) is 0 Å². The zero-order valence-electron chi connectivity index (χ0n) is 31.6. The summed E-state index contributed by atoms with van der Waals surface area (Å²) in [6.45, 7) is 3.04. The molecule has 25 heteroatoms. The molecule has 283 valence electrons. The Bertz CT molecular complexity index is 648. The van der Waals surface area contributed by atoms with Crippen LogP contribution in [0.3, 0.4) is 0 Å². The summed E-state index contributed by atoms with van der Waals surface area (Å²) in [5.74, 6) is 4.66. The van der Waals surface area contributed by atoms with E-state index in [1.165, 1.54) is 0 Å². The quantitative estimate of drug-likeness (QED) is 0.00875. The summed E-state index contributed by atoms with van der Waals surface area (Å²) < 4.78 is 0. The zero-order chi connectivity index (χ0) is 37.2. The molecule has 12 N–H and O–H groups in total. The van der Waals surface area contributed by atoms with E-state index in [-0.39, 0.29) is 148 Å². The number of carbonyl (C=O) groups is 1. The Morgan fingerprint density at radius 2 is 1.08 bits per heavy atom. The number of carbonyl (C=O) groups excluding carboxylic acids is 1. The molecule has 50 heavy (non-hydrogen) atoms. The number of nitriles is 4. The van der Waals surface area contributed by atoms with Crippen LogP contribution in [0.15, 0.2) is 0 Å². The molecule has 0 aromatic rings. The van der Waals surface area contributed by atoms with Crippen LogP contribution in [-0.2, 0) is 29.0 Å². The smallest absolute Gasteiger partial charge is 1.00 e. The van der Waals surface area contributed by atoms with Crippen LogP contribution >= 0.6 is 15.9 Å². The third-order valence-corrected chi connectivity index (χ3v) is 3.78. The first-order valence-corrected chi connectivity index (χ1v) is 14.7. The molecule has 0 fully saturated rings. The largest absolute Gasteiger partial charge is 1.00 e. The molecule has 0 aliphatic rings. The van der Waals surface area contributed by atoms with E-state index in [1.54, 1.807) is 28.2 Å². The number of halogens is 1. The number of nitrogens with one attached hydrogen (secondary N) is 6. The van der Waals surface area contributed by atoms with Crippen molar-refractivity contribution in [2.75, 3.05) is 66.5 Å². The van der Waals surface area contributed by atoms with E-state index < -0.39 is 0 Å². The van der Waals surface area contributed by atoms with Crippen molar-refractivity contribution in [3.8, 4) is 24.3 Å². The first-order valence-electron chi connectivity index (χ1n) is 13.6. The number of rotatable bonds is 19. The van der Waals surface area contributed by atoms with Gasteiger partial charge in [0.05, 0.1) is 57.8 Å². The third-order valence-electron chi connectivity index (χ3n) is 3.22. The number of alkyl halides is 1. The van der Waals surface area contributed by atoms with Gasteiger partial charge in [0, 0.05) is 105 Å². The maximum absolute atomic E-state index is 8.64. The normalized spacial score (nSPS) is 7.14. The number of unbranched alkanes of at least 4 members (excludes halogenated alkanes) is 5. The summed E-state index contributed by atoms with van der Waals surface area (Å²) in [5.41, 5.74) is 24.9. The van der Waals surface area contributed by atoms with Crippen molar-refractivity contribution in [2.24, 2.45) is 11.6 Å². The van der Waals surface area contributed by atoms with Gasteiger partial charge in [0.25, 0.3) is 6.47 Å². The van der Waals surface area contributed by atoms with Gasteiger partial charge < -0.3 is 41.9 Å². The monoisotopic (exact) mass is 850 g/mol. The maximum Gasteiger partial charge on any atom is 1.00 e. The number of nitrogens with zero attached hydrogens (tertiary/aromatic N) is 4. The fraction of sp³-hybridized carbons (Fsp3) is 0.800. The van der Waals surface area contributed by atoms with E-state index >= 15 is 0 Å². The van der Waals surface area contributed by atoms with E-state index in [9.17, 15) is 0 Å². The van der Waals surface area contributed by atoms with Crippen molar-refractivity contribution in [3.63, 3.8) is 0 Å². The number of hydrogen-bond acceptors (Lipinski definition) is 19. The summed E-state index contributed by atoms with van der Waals surface area (Å²) in [7, 11) is 6.70. The second-order valence-corrected chi connectivity index (χ2v) is 7.50. The first kappa shape index (κ1) is 84.1. The van der Waals surface area contributed by atoms with Crippen LogP contribution in [0.1, 0.15) is 67.1 Å². The molecule has 0 aromatic heterocycles. The minimum Gasteiger partial charge on any atom is -1.00 e. The molecule has 0 rings (SSSR count). The third kappa shape index (κ3) is 194. The summed E-state index contributed by atoms with van der Waals surface area (Å²) in [4.78, 5) is 29.7. The minimum atomic E-state index is -0.181. The summed E-state index contributed by atoms with van der Waals surface area (Å²) in [6.07, 6.45) is 7.73. The van der Waals surface area contributed by atoms with Gasteiger partial charge in [-0.25, -0.2) is 33.4 Å². The SMILES string of the molecule is CNOCCCC#N.CNOCCCC#N.CNOCCCCN.CN[OH2+].N#CCCCBr.N#CCCCON.N=N.O=CO[O-].[AlH3].[H-].[HH].[K+].[K].[Li+]. The van der Waals surface area contributed by atoms with Crippen LogP contribution in [0.5, 0.6) is 0 Å². The molecule has 20 nitrogen and oxygen atoms in total. The average molecular weight is 852 g/mol. The van der Waals surface area contributed by atoms with Crippen molar-refractivity contribution >= 4 is 91.1 Å². The van der Waals surface area contributed by atoms with Gasteiger partial charge in [0.1, 0.15) is 0 Å². The Hall–Kier alpha value is 1.43. The van der Waals surface area contributed by atoms with Gasteiger partial charge in [-0.2, -0.15) is 21.0 Å². The van der Waals surface area contributed by atoms with Crippen LogP contribution in [0.4, 0.5) is 0 Å². The van der Waals surface area contributed by atoms with E-state index in [1.807, 2.05) is 29.8 Å². The molecule has 0 saturated heterocycles. The maximum atomic E-state index is 8.64. The molecule has 1 radical (unpaired) electrons. The molecule has 0 atom stereocenters. The second-order valence-electron chi connectivity index (χ2n) is 6.70. The number of hydroxylamine groups is 4. The van der Waals surface area contributed by atoms with Crippen LogP contribution < -0.4 is 109 Å². The predicted molar refractivity (Wildman–Crippen MR) is 191 cm³/mol. The molecule has 0 heterocycles. The van der Waals surface area contributed by atoms with Crippen molar-refractivity contribution in [3.05, 3.63) is 0 Å². The van der Waals surface area contributed by atoms with Gasteiger partial charge in [-0.1, -0.05) is 21.4 Å². The van der Waals surface area contributed by atoms with Gasteiger partial charge in [-0.15, -0.1) is 0 Å². The number of hydrogen-bond donors (Lipinski definition) is 8. The van der Waals surface area contributed by atoms with E-state index in [2.05, 4.69) is 48.0 Å². The topological polar surface area (TPSA) is 352 Å². The van der Waals surface area contributed by atoms with E-state index in [0.29, 0.717) is 45.5 Å². The molecule has 0 aromatic carbocycles. The van der Waals surface area contributed by atoms with Gasteiger partial charge in [-0.3, -0.25) is 4.79 Å². The summed E-state index contributed by atoms with van der Waals surface area (Å²) in [5, 5.41) is 47.3. The Morgan fingerprint density at radius 3 is 1.28 bits per heavy atom. The molecule has 0 spiro atoms. The van der Waals surface area contributed by atoms with Gasteiger partial charge in [-0.05, 0) is 45.1 Å². The second kappa shape index (κ2) is 125. The van der Waals surface area contributed by atoms with E-state index in [0.717, 1.165) is 57.0 Å². The molecule has 0 aliphatic heterocycles. The van der Waals surface area contributed by atoms with Crippen molar-refractivity contribution < 1.29 is 113 Å². The van der Waals surface area contributed by atoms with Gasteiger partial charge in [0.2, 0.25) is 0 Å². The Balaban J connectivity index is -0.0000000267. The Morgan fingerprint density at radius 1 is 0.800 bits per heavy atom. The molecule has 0 bridgehead atoms. The molecule has 0 amide bonds. The fourth-order valence-corrected chi connectivity index (χ4v) is 1.73. The molecule has 0 saturated carbocycles. The predicted octanol–water partition coefficient (Wildman–Crippen LogP) is -6.70. The molecular weight excluding hydrogens is 788 g/mol. The molecule has 0 unspecified atom stereocenters. The summed E-state index contributed by atoms with van der Waals surface area (Å²) >= 11 is 3.20. The van der Waals surface area contributed by atoms with Crippen molar-refractivity contribution in [1.82, 2.24) is 21.9 Å². The summed E-state index contributed by atoms with van der Waals surface area (Å²) in [6, 6.07) is 8.04. The Kier molecular flexibility index (Phi) is 210. The Labute approximate surface area is 418 Å². The van der Waals surface area contributed by atoms with Crippen LogP contribution in [0.2, 0.25) is 0 Å². The minimum absolute atomic E-state index is 0. The fourth-order valence-electron chi connectivity index (χ4n) is 1.45. The van der Waals surface area contributed by atoms with Crippen molar-refractivity contribution in [2.45, 2.75) is 64.2 Å². The first-order chi connectivity index (χ1) is 22.4. The number of nitrogens with two attached hydrogens (primary N) is 2.